The second-order valence-electron chi connectivity index (χ2n) is 8.15. The highest BCUT2D eigenvalue weighted by Gasteiger charge is 2.27. The summed E-state index contributed by atoms with van der Waals surface area (Å²) < 4.78 is 0. The first kappa shape index (κ1) is 18.9. The summed E-state index contributed by atoms with van der Waals surface area (Å²) in [5.41, 5.74) is 8.30. The van der Waals surface area contributed by atoms with Crippen LogP contribution in [0.2, 0.25) is 0 Å². The van der Waals surface area contributed by atoms with Gasteiger partial charge in [-0.25, -0.2) is 0 Å². The van der Waals surface area contributed by atoms with Crippen molar-refractivity contribution >= 4 is 5.91 Å². The lowest BCUT2D eigenvalue weighted by Crippen LogP contribution is -2.48. The number of carbonyl (C=O) groups excluding carboxylic acids is 1. The van der Waals surface area contributed by atoms with Crippen LogP contribution in [0, 0.1) is 5.41 Å². The van der Waals surface area contributed by atoms with Gasteiger partial charge in [-0.05, 0) is 42.9 Å². The number of piperidine rings is 1. The lowest BCUT2D eigenvalue weighted by molar-refractivity contribution is -0.124. The van der Waals surface area contributed by atoms with Crippen LogP contribution in [0.15, 0.2) is 24.3 Å². The van der Waals surface area contributed by atoms with Crippen LogP contribution >= 0.6 is 0 Å². The smallest absolute Gasteiger partial charge is 0.237 e. The van der Waals surface area contributed by atoms with E-state index in [0.29, 0.717) is 12.6 Å². The Morgan fingerprint density at radius 1 is 1.29 bits per heavy atom. The molecule has 1 heterocycles. The molecule has 1 aliphatic heterocycles. The van der Waals surface area contributed by atoms with Gasteiger partial charge in [0.05, 0.1) is 6.04 Å². The number of likely N-dealkylation sites (tertiary alicyclic amines) is 1. The monoisotopic (exact) mass is 331 g/mol. The number of nitrogens with two attached hydrogens (primary N) is 1. The van der Waals surface area contributed by atoms with Crippen molar-refractivity contribution in [3.63, 3.8) is 0 Å². The Labute approximate surface area is 146 Å². The molecule has 0 spiro atoms. The van der Waals surface area contributed by atoms with Crippen LogP contribution in [0.5, 0.6) is 0 Å². The van der Waals surface area contributed by atoms with Crippen LogP contribution in [-0.2, 0) is 17.9 Å². The third kappa shape index (κ3) is 5.05. The van der Waals surface area contributed by atoms with E-state index < -0.39 is 6.04 Å². The summed E-state index contributed by atoms with van der Waals surface area (Å²) in [4.78, 5) is 14.8. The van der Waals surface area contributed by atoms with Crippen LogP contribution in [0.4, 0.5) is 0 Å². The molecule has 0 radical (unpaired) electrons. The molecule has 4 nitrogen and oxygen atoms in total. The van der Waals surface area contributed by atoms with Crippen LogP contribution in [0.1, 0.15) is 58.1 Å². The standard InChI is InChI=1S/C20H33N3O/c1-15-9-7-8-12-23(15)14-17-11-6-5-10-16(17)13-22-19(24)18(21)20(2,3)4/h5-6,10-11,15,18H,7-9,12-14,21H2,1-4H3,(H,22,24)/t15?,18-/m1/s1. The average molecular weight is 332 g/mol. The molecule has 24 heavy (non-hydrogen) atoms. The van der Waals surface area contributed by atoms with Crippen LogP contribution < -0.4 is 11.1 Å². The van der Waals surface area contributed by atoms with Gasteiger partial charge in [0, 0.05) is 19.1 Å². The van der Waals surface area contributed by atoms with Crippen molar-refractivity contribution in [2.24, 2.45) is 11.1 Å². The molecule has 2 rings (SSSR count). The molecule has 2 atom stereocenters. The minimum Gasteiger partial charge on any atom is -0.351 e. The van der Waals surface area contributed by atoms with Crippen LogP contribution in [-0.4, -0.2) is 29.4 Å². The first-order chi connectivity index (χ1) is 11.3. The molecule has 0 bridgehead atoms. The third-order valence-electron chi connectivity index (χ3n) is 5.10. The van der Waals surface area contributed by atoms with Gasteiger partial charge >= 0.3 is 0 Å². The molecule has 1 aromatic rings. The molecule has 1 aliphatic rings. The minimum absolute atomic E-state index is 0.0800. The second-order valence-corrected chi connectivity index (χ2v) is 8.15. The quantitative estimate of drug-likeness (QED) is 0.872. The van der Waals surface area contributed by atoms with Crippen LogP contribution in [0.25, 0.3) is 0 Å². The average Bonchev–Trinajstić information content (AvgIpc) is 2.54. The van der Waals surface area contributed by atoms with Gasteiger partial charge in [-0.2, -0.15) is 0 Å². The Bertz CT molecular complexity index is 550. The number of rotatable bonds is 5. The van der Waals surface area contributed by atoms with Gasteiger partial charge < -0.3 is 11.1 Å². The summed E-state index contributed by atoms with van der Waals surface area (Å²) in [6.07, 6.45) is 3.89. The van der Waals surface area contributed by atoms with E-state index in [9.17, 15) is 4.79 Å². The molecule has 3 N–H and O–H groups in total. The number of nitrogens with one attached hydrogen (secondary N) is 1. The molecular formula is C20H33N3O. The Balaban J connectivity index is 2.00. The summed E-state index contributed by atoms with van der Waals surface area (Å²) in [6, 6.07) is 8.53. The molecule has 1 aromatic carbocycles. The number of hydrogen-bond donors (Lipinski definition) is 2. The van der Waals surface area contributed by atoms with E-state index >= 15 is 0 Å². The highest BCUT2D eigenvalue weighted by Crippen LogP contribution is 2.21. The Hall–Kier alpha value is -1.39. The molecule has 1 saturated heterocycles. The fourth-order valence-corrected chi connectivity index (χ4v) is 3.18. The van der Waals surface area contributed by atoms with E-state index in [2.05, 4.69) is 35.3 Å². The zero-order chi connectivity index (χ0) is 17.7. The van der Waals surface area contributed by atoms with Crippen LogP contribution in [0.3, 0.4) is 0 Å². The highest BCUT2D eigenvalue weighted by molar-refractivity contribution is 5.82. The third-order valence-corrected chi connectivity index (χ3v) is 5.10. The van der Waals surface area contributed by atoms with E-state index in [1.54, 1.807) is 0 Å². The maximum atomic E-state index is 12.3. The predicted molar refractivity (Wildman–Crippen MR) is 99.4 cm³/mol. The van der Waals surface area contributed by atoms with E-state index in [1.807, 2.05) is 26.8 Å². The highest BCUT2D eigenvalue weighted by atomic mass is 16.2. The van der Waals surface area contributed by atoms with Crippen molar-refractivity contribution in [2.45, 2.75) is 72.1 Å². The summed E-state index contributed by atoms with van der Waals surface area (Å²) in [6.45, 7) is 10.9. The van der Waals surface area contributed by atoms with Gasteiger partial charge in [0.2, 0.25) is 5.91 Å². The maximum absolute atomic E-state index is 12.3. The molecule has 0 aliphatic carbocycles. The number of hydrogen-bond acceptors (Lipinski definition) is 3. The minimum atomic E-state index is -0.494. The number of carbonyl (C=O) groups is 1. The van der Waals surface area contributed by atoms with Crippen molar-refractivity contribution in [1.29, 1.82) is 0 Å². The second kappa shape index (κ2) is 8.13. The molecule has 0 saturated carbocycles. The summed E-state index contributed by atoms with van der Waals surface area (Å²) in [5, 5.41) is 3.01. The van der Waals surface area contributed by atoms with Gasteiger partial charge in [0.1, 0.15) is 0 Å². The summed E-state index contributed by atoms with van der Waals surface area (Å²) >= 11 is 0. The Morgan fingerprint density at radius 2 is 1.96 bits per heavy atom. The van der Waals surface area contributed by atoms with Gasteiger partial charge in [0.15, 0.2) is 0 Å². The van der Waals surface area contributed by atoms with E-state index in [1.165, 1.54) is 30.4 Å². The normalized spacial score (nSPS) is 20.6. The largest absolute Gasteiger partial charge is 0.351 e. The van der Waals surface area contributed by atoms with Crippen molar-refractivity contribution in [1.82, 2.24) is 10.2 Å². The van der Waals surface area contributed by atoms with Crippen molar-refractivity contribution in [3.05, 3.63) is 35.4 Å². The van der Waals surface area contributed by atoms with Crippen molar-refractivity contribution < 1.29 is 4.79 Å². The fourth-order valence-electron chi connectivity index (χ4n) is 3.18. The Morgan fingerprint density at radius 3 is 2.58 bits per heavy atom. The molecule has 134 valence electrons. The van der Waals surface area contributed by atoms with Crippen molar-refractivity contribution in [2.75, 3.05) is 6.54 Å². The molecule has 0 aromatic heterocycles. The molecule has 1 fully saturated rings. The number of amides is 1. The Kier molecular flexibility index (Phi) is 6.41. The van der Waals surface area contributed by atoms with Gasteiger partial charge in [0.25, 0.3) is 0 Å². The maximum Gasteiger partial charge on any atom is 0.237 e. The van der Waals surface area contributed by atoms with Gasteiger partial charge in [-0.3, -0.25) is 9.69 Å². The molecule has 4 heteroatoms. The zero-order valence-corrected chi connectivity index (χ0v) is 15.6. The SMILES string of the molecule is CC1CCCCN1Cc1ccccc1CNC(=O)[C@@H](N)C(C)(C)C. The molecule has 1 amide bonds. The molecular weight excluding hydrogens is 298 g/mol. The van der Waals surface area contributed by atoms with Gasteiger partial charge in [-0.15, -0.1) is 0 Å². The summed E-state index contributed by atoms with van der Waals surface area (Å²) in [5.74, 6) is -0.0800. The van der Waals surface area contributed by atoms with Crippen molar-refractivity contribution in [3.8, 4) is 0 Å². The topological polar surface area (TPSA) is 58.4 Å². The van der Waals surface area contributed by atoms with E-state index in [0.717, 1.165) is 13.1 Å². The van der Waals surface area contributed by atoms with E-state index in [4.69, 9.17) is 5.73 Å². The predicted octanol–water partition coefficient (Wildman–Crippen LogP) is 3.05. The fraction of sp³-hybridized carbons (Fsp3) is 0.650. The lowest BCUT2D eigenvalue weighted by atomic mass is 9.87. The lowest BCUT2D eigenvalue weighted by Gasteiger charge is -2.34. The summed E-state index contributed by atoms with van der Waals surface area (Å²) in [7, 11) is 0. The van der Waals surface area contributed by atoms with Gasteiger partial charge in [-0.1, -0.05) is 51.5 Å². The number of nitrogens with zero attached hydrogens (tertiary/aromatic N) is 1. The molecule has 1 unspecified atom stereocenters. The number of benzene rings is 1. The first-order valence-corrected chi connectivity index (χ1v) is 9.13. The first-order valence-electron chi connectivity index (χ1n) is 9.13. The zero-order valence-electron chi connectivity index (χ0n) is 15.6. The van der Waals surface area contributed by atoms with E-state index in [-0.39, 0.29) is 11.3 Å².